The zero-order valence-electron chi connectivity index (χ0n) is 12.3. The summed E-state index contributed by atoms with van der Waals surface area (Å²) in [5.74, 6) is -0.278. The summed E-state index contributed by atoms with van der Waals surface area (Å²) in [4.78, 5) is 14.2. The average molecular weight is 288 g/mol. The van der Waals surface area contributed by atoms with Crippen LogP contribution in [0.25, 0.3) is 0 Å². The van der Waals surface area contributed by atoms with Crippen molar-refractivity contribution in [3.05, 3.63) is 41.7 Å². The van der Waals surface area contributed by atoms with E-state index < -0.39 is 0 Å². The molecule has 1 amide bonds. The van der Waals surface area contributed by atoms with E-state index in [1.54, 1.807) is 10.9 Å². The molecule has 7 nitrogen and oxygen atoms in total. The number of aromatic nitrogens is 3. The summed E-state index contributed by atoms with van der Waals surface area (Å²) in [6.45, 7) is 1.81. The SMILES string of the molecule is CN(C)Cc1cccc(NC(=O)c2cn(CCN)nn2)c1. The Labute approximate surface area is 123 Å². The maximum absolute atomic E-state index is 12.1. The van der Waals surface area contributed by atoms with Crippen molar-refractivity contribution in [3.63, 3.8) is 0 Å². The van der Waals surface area contributed by atoms with Gasteiger partial charge in [-0.1, -0.05) is 17.3 Å². The second-order valence-electron chi connectivity index (χ2n) is 5.05. The van der Waals surface area contributed by atoms with Crippen LogP contribution in [0.5, 0.6) is 0 Å². The molecule has 1 aromatic carbocycles. The topological polar surface area (TPSA) is 89.1 Å². The summed E-state index contributed by atoms with van der Waals surface area (Å²) in [7, 11) is 4.00. The largest absolute Gasteiger partial charge is 0.329 e. The zero-order chi connectivity index (χ0) is 15.2. The molecule has 0 fully saturated rings. The van der Waals surface area contributed by atoms with E-state index in [0.717, 1.165) is 17.8 Å². The fraction of sp³-hybridized carbons (Fsp3) is 0.357. The van der Waals surface area contributed by atoms with Crippen LogP contribution >= 0.6 is 0 Å². The van der Waals surface area contributed by atoms with Crippen LogP contribution in [0.1, 0.15) is 16.1 Å². The second-order valence-corrected chi connectivity index (χ2v) is 5.05. The normalized spacial score (nSPS) is 10.9. The highest BCUT2D eigenvalue weighted by molar-refractivity contribution is 6.02. The predicted molar refractivity (Wildman–Crippen MR) is 80.9 cm³/mol. The molecule has 0 aliphatic rings. The first-order chi connectivity index (χ1) is 10.1. The Bertz CT molecular complexity index is 607. The van der Waals surface area contributed by atoms with E-state index in [4.69, 9.17) is 5.73 Å². The highest BCUT2D eigenvalue weighted by Gasteiger charge is 2.11. The van der Waals surface area contributed by atoms with Crippen LogP contribution in [0.3, 0.4) is 0 Å². The Morgan fingerprint density at radius 3 is 2.95 bits per heavy atom. The first kappa shape index (κ1) is 15.1. The van der Waals surface area contributed by atoms with Gasteiger partial charge in [0.2, 0.25) is 0 Å². The van der Waals surface area contributed by atoms with Crippen molar-refractivity contribution in [3.8, 4) is 0 Å². The lowest BCUT2D eigenvalue weighted by atomic mass is 10.2. The van der Waals surface area contributed by atoms with Crippen molar-refractivity contribution < 1.29 is 4.79 Å². The lowest BCUT2D eigenvalue weighted by molar-refractivity contribution is 0.102. The van der Waals surface area contributed by atoms with E-state index in [9.17, 15) is 4.79 Å². The average Bonchev–Trinajstić information content (AvgIpc) is 2.87. The van der Waals surface area contributed by atoms with Gasteiger partial charge < -0.3 is 16.0 Å². The molecule has 0 aliphatic carbocycles. The molecule has 0 saturated carbocycles. The number of anilines is 1. The molecular formula is C14H20N6O. The van der Waals surface area contributed by atoms with Gasteiger partial charge in [0.05, 0.1) is 12.7 Å². The maximum atomic E-state index is 12.1. The van der Waals surface area contributed by atoms with E-state index in [1.165, 1.54) is 0 Å². The minimum atomic E-state index is -0.278. The maximum Gasteiger partial charge on any atom is 0.277 e. The Morgan fingerprint density at radius 1 is 1.43 bits per heavy atom. The van der Waals surface area contributed by atoms with Crippen molar-refractivity contribution in [1.82, 2.24) is 19.9 Å². The van der Waals surface area contributed by atoms with Crippen LogP contribution in [-0.2, 0) is 13.1 Å². The number of nitrogens with one attached hydrogen (secondary N) is 1. The zero-order valence-corrected chi connectivity index (χ0v) is 12.3. The van der Waals surface area contributed by atoms with Gasteiger partial charge in [-0.2, -0.15) is 0 Å². The summed E-state index contributed by atoms with van der Waals surface area (Å²) in [6.07, 6.45) is 1.59. The summed E-state index contributed by atoms with van der Waals surface area (Å²) >= 11 is 0. The summed E-state index contributed by atoms with van der Waals surface area (Å²) < 4.78 is 1.55. The lowest BCUT2D eigenvalue weighted by Gasteiger charge is -2.11. The highest BCUT2D eigenvalue weighted by Crippen LogP contribution is 2.12. The minimum absolute atomic E-state index is 0.278. The van der Waals surface area contributed by atoms with Gasteiger partial charge in [0, 0.05) is 18.8 Å². The van der Waals surface area contributed by atoms with E-state index in [2.05, 4.69) is 20.5 Å². The van der Waals surface area contributed by atoms with Gasteiger partial charge in [-0.3, -0.25) is 9.48 Å². The third-order valence-corrected chi connectivity index (χ3v) is 2.81. The third kappa shape index (κ3) is 4.37. The number of carbonyl (C=O) groups excluding carboxylic acids is 1. The lowest BCUT2D eigenvalue weighted by Crippen LogP contribution is -2.14. The summed E-state index contributed by atoms with van der Waals surface area (Å²) in [6, 6.07) is 7.73. The van der Waals surface area contributed by atoms with Crippen LogP contribution in [0.2, 0.25) is 0 Å². The van der Waals surface area contributed by atoms with E-state index in [1.807, 2.05) is 38.4 Å². The Kier molecular flexibility index (Phi) is 5.02. The number of nitrogens with two attached hydrogens (primary N) is 1. The van der Waals surface area contributed by atoms with Crippen molar-refractivity contribution in [1.29, 1.82) is 0 Å². The molecule has 0 unspecified atom stereocenters. The molecule has 7 heteroatoms. The second kappa shape index (κ2) is 6.96. The fourth-order valence-corrected chi connectivity index (χ4v) is 1.95. The first-order valence-electron chi connectivity index (χ1n) is 6.73. The van der Waals surface area contributed by atoms with Crippen LogP contribution in [-0.4, -0.2) is 46.4 Å². The molecule has 1 aromatic heterocycles. The molecule has 0 aliphatic heterocycles. The molecular weight excluding hydrogens is 268 g/mol. The molecule has 2 aromatic rings. The summed E-state index contributed by atoms with van der Waals surface area (Å²) in [5, 5.41) is 10.5. The summed E-state index contributed by atoms with van der Waals surface area (Å²) in [5.41, 5.74) is 7.58. The highest BCUT2D eigenvalue weighted by atomic mass is 16.2. The molecule has 21 heavy (non-hydrogen) atoms. The molecule has 0 radical (unpaired) electrons. The van der Waals surface area contributed by atoms with Gasteiger partial charge in [0.1, 0.15) is 0 Å². The van der Waals surface area contributed by atoms with Crippen molar-refractivity contribution >= 4 is 11.6 Å². The third-order valence-electron chi connectivity index (χ3n) is 2.81. The number of nitrogens with zero attached hydrogens (tertiary/aromatic N) is 4. The molecule has 1 heterocycles. The Morgan fingerprint density at radius 2 is 2.24 bits per heavy atom. The Balaban J connectivity index is 2.04. The van der Waals surface area contributed by atoms with Gasteiger partial charge >= 0.3 is 0 Å². The van der Waals surface area contributed by atoms with Crippen LogP contribution < -0.4 is 11.1 Å². The van der Waals surface area contributed by atoms with Crippen molar-refractivity contribution in [2.24, 2.45) is 5.73 Å². The van der Waals surface area contributed by atoms with E-state index >= 15 is 0 Å². The van der Waals surface area contributed by atoms with Crippen LogP contribution in [0.4, 0.5) is 5.69 Å². The number of carbonyl (C=O) groups is 1. The van der Waals surface area contributed by atoms with Gasteiger partial charge in [0.25, 0.3) is 5.91 Å². The van der Waals surface area contributed by atoms with Crippen molar-refractivity contribution in [2.75, 3.05) is 26.0 Å². The number of hydrogen-bond acceptors (Lipinski definition) is 5. The molecule has 112 valence electrons. The number of amides is 1. The number of hydrogen-bond donors (Lipinski definition) is 2. The van der Waals surface area contributed by atoms with E-state index in [-0.39, 0.29) is 11.6 Å². The molecule has 3 N–H and O–H groups in total. The van der Waals surface area contributed by atoms with Gasteiger partial charge in [-0.15, -0.1) is 5.10 Å². The number of benzene rings is 1. The fourth-order valence-electron chi connectivity index (χ4n) is 1.95. The predicted octanol–water partition coefficient (Wildman–Crippen LogP) is 0.551. The van der Waals surface area contributed by atoms with Crippen LogP contribution in [0.15, 0.2) is 30.5 Å². The standard InChI is InChI=1S/C14H20N6O/c1-19(2)9-11-4-3-5-12(8-11)16-14(21)13-10-20(7-6-15)18-17-13/h3-5,8,10H,6-7,9,15H2,1-2H3,(H,16,21). The molecule has 2 rings (SSSR count). The van der Waals surface area contributed by atoms with Crippen molar-refractivity contribution in [2.45, 2.75) is 13.1 Å². The van der Waals surface area contributed by atoms with Gasteiger partial charge in [-0.05, 0) is 31.8 Å². The minimum Gasteiger partial charge on any atom is -0.329 e. The van der Waals surface area contributed by atoms with Gasteiger partial charge in [-0.25, -0.2) is 0 Å². The first-order valence-corrected chi connectivity index (χ1v) is 6.73. The molecule has 0 atom stereocenters. The molecule has 0 saturated heterocycles. The number of rotatable bonds is 6. The monoisotopic (exact) mass is 288 g/mol. The van der Waals surface area contributed by atoms with Gasteiger partial charge in [0.15, 0.2) is 5.69 Å². The molecule has 0 bridgehead atoms. The van der Waals surface area contributed by atoms with Crippen LogP contribution in [0, 0.1) is 0 Å². The smallest absolute Gasteiger partial charge is 0.277 e. The quantitative estimate of drug-likeness (QED) is 0.810. The molecule has 0 spiro atoms. The Hall–Kier alpha value is -2.25. The van der Waals surface area contributed by atoms with E-state index in [0.29, 0.717) is 13.1 Å².